The zero-order valence-corrected chi connectivity index (χ0v) is 18.8. The van der Waals surface area contributed by atoms with Gasteiger partial charge in [-0.3, -0.25) is 4.79 Å². The fraction of sp³-hybridized carbons (Fsp3) is 0.300. The van der Waals surface area contributed by atoms with Crippen molar-refractivity contribution in [1.82, 2.24) is 15.0 Å². The molecule has 0 aliphatic carbocycles. The number of carbonyl (C=O) groups excluding carboxylic acids is 1. The molecule has 3 aromatic rings. The number of nitrogens with one attached hydrogen (secondary N) is 2. The molecule has 3 rings (SSSR count). The molecule has 1 unspecified atom stereocenters. The molecule has 0 saturated heterocycles. The van der Waals surface area contributed by atoms with Crippen molar-refractivity contribution in [2.24, 2.45) is 5.92 Å². The van der Waals surface area contributed by atoms with Crippen molar-refractivity contribution in [3.8, 4) is 10.4 Å². The van der Waals surface area contributed by atoms with Crippen molar-refractivity contribution in [2.45, 2.75) is 37.6 Å². The van der Waals surface area contributed by atoms with Crippen LogP contribution in [0.15, 0.2) is 51.5 Å². The van der Waals surface area contributed by atoms with Crippen LogP contribution in [0, 0.1) is 12.8 Å². The highest BCUT2D eigenvalue weighted by atomic mass is 32.2. The average Bonchev–Trinajstić information content (AvgIpc) is 3.37. The summed E-state index contributed by atoms with van der Waals surface area (Å²) in [6.07, 6.45) is 0. The van der Waals surface area contributed by atoms with E-state index in [-0.39, 0.29) is 16.0 Å². The van der Waals surface area contributed by atoms with Gasteiger partial charge in [-0.15, -0.1) is 22.7 Å². The number of aryl methyl sites for hydroxylation is 1. The lowest BCUT2D eigenvalue weighted by molar-refractivity contribution is -0.123. The number of thiazole rings is 1. The van der Waals surface area contributed by atoms with Crippen molar-refractivity contribution >= 4 is 38.6 Å². The molecule has 1 aromatic carbocycles. The van der Waals surface area contributed by atoms with Gasteiger partial charge < -0.3 is 5.32 Å². The number of hydrogen-bond acceptors (Lipinski definition) is 6. The third-order valence-corrected chi connectivity index (χ3v) is 8.24. The molecule has 1 amide bonds. The lowest BCUT2D eigenvalue weighted by Crippen LogP contribution is -2.49. The second-order valence-corrected chi connectivity index (χ2v) is 10.7. The number of rotatable bonds is 8. The first-order chi connectivity index (χ1) is 13.8. The Hall–Kier alpha value is -2.07. The second-order valence-electron chi connectivity index (χ2n) is 6.96. The van der Waals surface area contributed by atoms with Crippen LogP contribution in [0.4, 0.5) is 0 Å². The Morgan fingerprint density at radius 1 is 1.14 bits per heavy atom. The summed E-state index contributed by atoms with van der Waals surface area (Å²) in [5, 5.41) is 4.53. The van der Waals surface area contributed by atoms with Gasteiger partial charge in [0.2, 0.25) is 5.91 Å². The van der Waals surface area contributed by atoms with E-state index in [1.54, 1.807) is 22.8 Å². The van der Waals surface area contributed by atoms with Gasteiger partial charge in [-0.2, -0.15) is 4.72 Å². The molecule has 2 aromatic heterocycles. The van der Waals surface area contributed by atoms with E-state index in [9.17, 15) is 13.2 Å². The zero-order valence-electron chi connectivity index (χ0n) is 16.4. The minimum Gasteiger partial charge on any atom is -0.351 e. The number of hydrogen-bond donors (Lipinski definition) is 2. The lowest BCUT2D eigenvalue weighted by atomic mass is 10.0. The summed E-state index contributed by atoms with van der Waals surface area (Å²) < 4.78 is 27.7. The molecule has 29 heavy (non-hydrogen) atoms. The number of thiophene rings is 1. The number of nitrogens with zero attached hydrogens (tertiary/aromatic N) is 1. The highest BCUT2D eigenvalue weighted by molar-refractivity contribution is 7.91. The second kappa shape index (κ2) is 9.17. The van der Waals surface area contributed by atoms with Crippen LogP contribution in [0.25, 0.3) is 10.4 Å². The Labute approximate surface area is 179 Å². The molecule has 0 bridgehead atoms. The van der Waals surface area contributed by atoms with Crippen molar-refractivity contribution in [1.29, 1.82) is 0 Å². The summed E-state index contributed by atoms with van der Waals surface area (Å²) >= 11 is 2.71. The number of carbonyl (C=O) groups is 1. The van der Waals surface area contributed by atoms with Crippen LogP contribution in [0.3, 0.4) is 0 Å². The van der Waals surface area contributed by atoms with E-state index in [0.717, 1.165) is 33.0 Å². The number of sulfonamides is 1. The number of aromatic nitrogens is 1. The van der Waals surface area contributed by atoms with Gasteiger partial charge >= 0.3 is 0 Å². The molecular formula is C20H23N3O3S3. The third kappa shape index (κ3) is 5.30. The molecule has 2 heterocycles. The summed E-state index contributed by atoms with van der Waals surface area (Å²) in [6, 6.07) is 10.3. The van der Waals surface area contributed by atoms with Gasteiger partial charge in [0.25, 0.3) is 10.0 Å². The lowest BCUT2D eigenvalue weighted by Gasteiger charge is -2.21. The smallest absolute Gasteiger partial charge is 0.250 e. The van der Waals surface area contributed by atoms with Crippen LogP contribution in [0.2, 0.25) is 0 Å². The summed E-state index contributed by atoms with van der Waals surface area (Å²) in [5.74, 6) is -0.538. The highest BCUT2D eigenvalue weighted by Crippen LogP contribution is 2.27. The summed E-state index contributed by atoms with van der Waals surface area (Å²) in [4.78, 5) is 18.1. The SMILES string of the molecule is Cc1ncsc1-c1ccc(CNC(=O)C(NS(=O)(=O)c2cccs2)C(C)C)cc1. The molecule has 2 N–H and O–H groups in total. The summed E-state index contributed by atoms with van der Waals surface area (Å²) in [7, 11) is -3.72. The normalized spacial score (nSPS) is 12.8. The first-order valence-corrected chi connectivity index (χ1v) is 12.3. The Morgan fingerprint density at radius 3 is 2.41 bits per heavy atom. The minimum atomic E-state index is -3.72. The van der Waals surface area contributed by atoms with Gasteiger partial charge in [0.1, 0.15) is 10.3 Å². The van der Waals surface area contributed by atoms with Crippen LogP contribution in [-0.4, -0.2) is 25.4 Å². The molecule has 0 saturated carbocycles. The average molecular weight is 450 g/mol. The van der Waals surface area contributed by atoms with Gasteiger partial charge in [0.15, 0.2) is 0 Å². The fourth-order valence-electron chi connectivity index (χ4n) is 2.79. The van der Waals surface area contributed by atoms with Gasteiger partial charge in [-0.1, -0.05) is 44.2 Å². The van der Waals surface area contributed by atoms with E-state index >= 15 is 0 Å². The van der Waals surface area contributed by atoms with E-state index in [2.05, 4.69) is 15.0 Å². The van der Waals surface area contributed by atoms with Gasteiger partial charge in [0.05, 0.1) is 16.1 Å². The Balaban J connectivity index is 1.64. The molecule has 9 heteroatoms. The number of benzene rings is 1. The molecule has 1 atom stereocenters. The first-order valence-electron chi connectivity index (χ1n) is 9.11. The van der Waals surface area contributed by atoms with Gasteiger partial charge in [-0.25, -0.2) is 13.4 Å². The molecule has 0 aliphatic heterocycles. The van der Waals surface area contributed by atoms with Gasteiger partial charge in [0, 0.05) is 6.54 Å². The maximum absolute atomic E-state index is 12.7. The van der Waals surface area contributed by atoms with Crippen LogP contribution < -0.4 is 10.0 Å². The monoisotopic (exact) mass is 449 g/mol. The van der Waals surface area contributed by atoms with E-state index in [1.165, 1.54) is 6.07 Å². The van der Waals surface area contributed by atoms with Crippen molar-refractivity contribution < 1.29 is 13.2 Å². The maximum Gasteiger partial charge on any atom is 0.250 e. The Bertz CT molecular complexity index is 1060. The highest BCUT2D eigenvalue weighted by Gasteiger charge is 2.28. The number of amides is 1. The third-order valence-electron chi connectivity index (χ3n) is 4.42. The quantitative estimate of drug-likeness (QED) is 0.548. The first kappa shape index (κ1) is 21.6. The predicted octanol–water partition coefficient (Wildman–Crippen LogP) is 3.80. The predicted molar refractivity (Wildman–Crippen MR) is 117 cm³/mol. The van der Waals surface area contributed by atoms with E-state index in [0.29, 0.717) is 6.54 Å². The van der Waals surface area contributed by atoms with E-state index < -0.39 is 16.1 Å². The molecule has 0 aliphatic rings. The van der Waals surface area contributed by atoms with Crippen molar-refractivity contribution in [2.75, 3.05) is 0 Å². The summed E-state index contributed by atoms with van der Waals surface area (Å²) in [5.41, 5.74) is 4.84. The molecular weight excluding hydrogens is 426 g/mol. The summed E-state index contributed by atoms with van der Waals surface area (Å²) in [6.45, 7) is 5.93. The van der Waals surface area contributed by atoms with Crippen molar-refractivity contribution in [3.05, 3.63) is 58.5 Å². The Morgan fingerprint density at radius 2 is 1.86 bits per heavy atom. The van der Waals surface area contributed by atoms with Gasteiger partial charge in [-0.05, 0) is 35.4 Å². The van der Waals surface area contributed by atoms with Crippen LogP contribution in [-0.2, 0) is 21.4 Å². The standard InChI is InChI=1S/C20H23N3O3S3/c1-13(2)18(23-29(25,26)17-5-4-10-27-17)20(24)21-11-15-6-8-16(9-7-15)19-14(3)22-12-28-19/h4-10,12-13,18,23H,11H2,1-3H3,(H,21,24). The molecule has 0 spiro atoms. The molecule has 6 nitrogen and oxygen atoms in total. The Kier molecular flexibility index (Phi) is 6.84. The topological polar surface area (TPSA) is 88.2 Å². The van der Waals surface area contributed by atoms with E-state index in [4.69, 9.17) is 0 Å². The van der Waals surface area contributed by atoms with Crippen LogP contribution >= 0.6 is 22.7 Å². The fourth-order valence-corrected chi connectivity index (χ4v) is 5.95. The van der Waals surface area contributed by atoms with Crippen molar-refractivity contribution in [3.63, 3.8) is 0 Å². The van der Waals surface area contributed by atoms with E-state index in [1.807, 2.05) is 50.5 Å². The van der Waals surface area contributed by atoms with Crippen LogP contribution in [0.5, 0.6) is 0 Å². The largest absolute Gasteiger partial charge is 0.351 e. The minimum absolute atomic E-state index is 0.193. The zero-order chi connectivity index (χ0) is 21.0. The molecule has 0 radical (unpaired) electrons. The maximum atomic E-state index is 12.7. The van der Waals surface area contributed by atoms with Crippen LogP contribution in [0.1, 0.15) is 25.1 Å². The molecule has 154 valence electrons. The molecule has 0 fully saturated rings.